The lowest BCUT2D eigenvalue weighted by atomic mass is 10.2. The molecular weight excluding hydrogens is 274 g/mol. The molecule has 1 unspecified atom stereocenters. The van der Waals surface area contributed by atoms with Crippen LogP contribution in [-0.4, -0.2) is 41.3 Å². The summed E-state index contributed by atoms with van der Waals surface area (Å²) in [5.41, 5.74) is 0. The van der Waals surface area contributed by atoms with Gasteiger partial charge in [0.1, 0.15) is 11.0 Å². The quantitative estimate of drug-likeness (QED) is 0.455. The molecule has 1 heterocycles. The third-order valence-corrected chi connectivity index (χ3v) is 4.04. The second kappa shape index (κ2) is 7.34. The van der Waals surface area contributed by atoms with Crippen molar-refractivity contribution in [2.75, 3.05) is 30.2 Å². The lowest BCUT2D eigenvalue weighted by Gasteiger charge is -2.27. The lowest BCUT2D eigenvalue weighted by Crippen LogP contribution is -2.33. The second-order valence-corrected chi connectivity index (χ2v) is 5.74. The Bertz CT molecular complexity index is 363. The van der Waals surface area contributed by atoms with Crippen molar-refractivity contribution in [3.8, 4) is 0 Å². The monoisotopic (exact) mass is 291 g/mol. The van der Waals surface area contributed by atoms with Crippen LogP contribution in [0.25, 0.3) is 0 Å². The maximum Gasteiger partial charge on any atom is 0.190 e. The predicted molar refractivity (Wildman–Crippen MR) is 79.7 cm³/mol. The molecule has 0 saturated heterocycles. The van der Waals surface area contributed by atoms with Gasteiger partial charge in [-0.3, -0.25) is 0 Å². The fourth-order valence-electron chi connectivity index (χ4n) is 1.54. The van der Waals surface area contributed by atoms with Gasteiger partial charge < -0.3 is 4.90 Å². The summed E-state index contributed by atoms with van der Waals surface area (Å²) in [6.07, 6.45) is 5.17. The number of rotatable bonds is 6. The molecule has 96 valence electrons. The summed E-state index contributed by atoms with van der Waals surface area (Å²) < 4.78 is 0. The normalized spacial score (nSPS) is 12.5. The number of nitrogens with zero attached hydrogens (tertiary/aromatic N) is 3. The van der Waals surface area contributed by atoms with E-state index in [1.165, 1.54) is 11.8 Å². The van der Waals surface area contributed by atoms with Gasteiger partial charge in [0.05, 0.1) is 0 Å². The summed E-state index contributed by atoms with van der Waals surface area (Å²) >= 11 is 9.36. The first kappa shape index (κ1) is 14.9. The predicted octanol–water partition coefficient (Wildman–Crippen LogP) is 3.43. The van der Waals surface area contributed by atoms with Crippen molar-refractivity contribution in [2.45, 2.75) is 24.5 Å². The van der Waals surface area contributed by atoms with Crippen molar-refractivity contribution in [2.24, 2.45) is 0 Å². The number of hydrogen-bond acceptors (Lipinski definition) is 5. The third kappa shape index (κ3) is 4.23. The van der Waals surface area contributed by atoms with Gasteiger partial charge in [-0.2, -0.15) is 11.8 Å². The summed E-state index contributed by atoms with van der Waals surface area (Å²) in [6, 6.07) is 2.30. The van der Waals surface area contributed by atoms with Crippen LogP contribution in [0.15, 0.2) is 11.2 Å². The summed E-state index contributed by atoms with van der Waals surface area (Å²) in [6.45, 7) is 2.19. The van der Waals surface area contributed by atoms with Crippen molar-refractivity contribution < 1.29 is 0 Å². The van der Waals surface area contributed by atoms with Crippen molar-refractivity contribution >= 4 is 40.9 Å². The SMILES string of the molecule is CCC(CSC)N(C)c1cc(Cl)nc(SC)n1. The second-order valence-electron chi connectivity index (χ2n) is 3.66. The topological polar surface area (TPSA) is 29.0 Å². The van der Waals surface area contributed by atoms with E-state index < -0.39 is 0 Å². The molecule has 0 bridgehead atoms. The Morgan fingerprint density at radius 1 is 1.41 bits per heavy atom. The Kier molecular flexibility index (Phi) is 6.44. The van der Waals surface area contributed by atoms with Crippen LogP contribution in [0.1, 0.15) is 13.3 Å². The van der Waals surface area contributed by atoms with E-state index in [2.05, 4.69) is 35.1 Å². The molecule has 1 atom stereocenters. The van der Waals surface area contributed by atoms with Gasteiger partial charge in [0.25, 0.3) is 0 Å². The molecule has 0 aliphatic heterocycles. The molecule has 3 nitrogen and oxygen atoms in total. The number of halogens is 1. The van der Waals surface area contributed by atoms with Gasteiger partial charge in [-0.1, -0.05) is 30.3 Å². The Hall–Kier alpha value is -0.130. The smallest absolute Gasteiger partial charge is 0.190 e. The van der Waals surface area contributed by atoms with Gasteiger partial charge in [0.2, 0.25) is 0 Å². The Balaban J connectivity index is 2.93. The molecule has 6 heteroatoms. The molecule has 0 aliphatic carbocycles. The highest BCUT2D eigenvalue weighted by Crippen LogP contribution is 2.22. The molecule has 1 aromatic heterocycles. The van der Waals surface area contributed by atoms with Crippen LogP contribution in [0.5, 0.6) is 0 Å². The molecule has 0 amide bonds. The van der Waals surface area contributed by atoms with Gasteiger partial charge in [0.15, 0.2) is 5.16 Å². The van der Waals surface area contributed by atoms with E-state index in [0.29, 0.717) is 11.2 Å². The van der Waals surface area contributed by atoms with E-state index in [9.17, 15) is 0 Å². The molecule has 0 radical (unpaired) electrons. The maximum absolute atomic E-state index is 6.00. The van der Waals surface area contributed by atoms with Gasteiger partial charge in [-0.25, -0.2) is 9.97 Å². The van der Waals surface area contributed by atoms with E-state index in [4.69, 9.17) is 11.6 Å². The standard InChI is InChI=1S/C11H18ClN3S2/c1-5-8(7-16-3)15(2)10-6-9(12)13-11(14-10)17-4/h6,8H,5,7H2,1-4H3. The molecule has 1 aromatic rings. The molecule has 0 N–H and O–H groups in total. The minimum atomic E-state index is 0.477. The summed E-state index contributed by atoms with van der Waals surface area (Å²) in [4.78, 5) is 10.8. The van der Waals surface area contributed by atoms with Crippen LogP contribution in [0.2, 0.25) is 5.15 Å². The Morgan fingerprint density at radius 2 is 2.12 bits per heavy atom. The number of aromatic nitrogens is 2. The van der Waals surface area contributed by atoms with Gasteiger partial charge >= 0.3 is 0 Å². The Morgan fingerprint density at radius 3 is 2.65 bits per heavy atom. The summed E-state index contributed by atoms with van der Waals surface area (Å²) in [5.74, 6) is 1.98. The zero-order valence-electron chi connectivity index (χ0n) is 10.6. The van der Waals surface area contributed by atoms with Crippen molar-refractivity contribution in [3.05, 3.63) is 11.2 Å². The van der Waals surface area contributed by atoms with Crippen LogP contribution in [0.4, 0.5) is 5.82 Å². The average Bonchev–Trinajstić information content (AvgIpc) is 2.34. The fourth-order valence-corrected chi connectivity index (χ4v) is 2.99. The summed E-state index contributed by atoms with van der Waals surface area (Å²) in [7, 11) is 2.06. The third-order valence-electron chi connectivity index (χ3n) is 2.58. The molecule has 17 heavy (non-hydrogen) atoms. The molecule has 1 rings (SSSR count). The molecular formula is C11H18ClN3S2. The van der Waals surface area contributed by atoms with Crippen LogP contribution in [0, 0.1) is 0 Å². The summed E-state index contributed by atoms with van der Waals surface area (Å²) in [5, 5.41) is 1.23. The molecule has 0 aliphatic rings. The zero-order valence-corrected chi connectivity index (χ0v) is 13.0. The minimum Gasteiger partial charge on any atom is -0.356 e. The van der Waals surface area contributed by atoms with Gasteiger partial charge in [-0.05, 0) is 18.9 Å². The first-order chi connectivity index (χ1) is 8.12. The Labute approximate surface area is 117 Å². The van der Waals surface area contributed by atoms with Gasteiger partial charge in [-0.15, -0.1) is 0 Å². The lowest BCUT2D eigenvalue weighted by molar-refractivity contribution is 0.661. The zero-order chi connectivity index (χ0) is 12.8. The average molecular weight is 292 g/mol. The van der Waals surface area contributed by atoms with Crippen LogP contribution < -0.4 is 4.90 Å². The van der Waals surface area contributed by atoms with E-state index in [1.807, 2.05) is 24.1 Å². The van der Waals surface area contributed by atoms with Crippen molar-refractivity contribution in [3.63, 3.8) is 0 Å². The highest BCUT2D eigenvalue weighted by atomic mass is 35.5. The molecule has 0 saturated carbocycles. The highest BCUT2D eigenvalue weighted by molar-refractivity contribution is 7.98. The van der Waals surface area contributed by atoms with E-state index in [0.717, 1.165) is 23.1 Å². The molecule has 0 spiro atoms. The van der Waals surface area contributed by atoms with Crippen molar-refractivity contribution in [1.82, 2.24) is 9.97 Å². The number of thioether (sulfide) groups is 2. The van der Waals surface area contributed by atoms with Crippen LogP contribution >= 0.6 is 35.1 Å². The van der Waals surface area contributed by atoms with Gasteiger partial charge in [0, 0.05) is 24.9 Å². The van der Waals surface area contributed by atoms with Crippen LogP contribution in [0.3, 0.4) is 0 Å². The van der Waals surface area contributed by atoms with Crippen LogP contribution in [-0.2, 0) is 0 Å². The molecule has 0 fully saturated rings. The van der Waals surface area contributed by atoms with E-state index in [1.54, 1.807) is 0 Å². The van der Waals surface area contributed by atoms with E-state index >= 15 is 0 Å². The first-order valence-electron chi connectivity index (χ1n) is 5.42. The van der Waals surface area contributed by atoms with E-state index in [-0.39, 0.29) is 0 Å². The first-order valence-corrected chi connectivity index (χ1v) is 8.42. The largest absolute Gasteiger partial charge is 0.356 e. The fraction of sp³-hybridized carbons (Fsp3) is 0.636. The molecule has 0 aromatic carbocycles. The number of hydrogen-bond donors (Lipinski definition) is 0. The highest BCUT2D eigenvalue weighted by Gasteiger charge is 2.15. The van der Waals surface area contributed by atoms with Crippen molar-refractivity contribution in [1.29, 1.82) is 0 Å². The minimum absolute atomic E-state index is 0.477. The number of anilines is 1. The maximum atomic E-state index is 6.00.